The van der Waals surface area contributed by atoms with Crippen molar-refractivity contribution in [2.45, 2.75) is 11.4 Å². The molecule has 140 valence electrons. The average Bonchev–Trinajstić information content (AvgIpc) is 2.88. The molecule has 2 aromatic carbocycles. The Balaban J connectivity index is 1.79. The minimum Gasteiger partial charge on any atom is -0.448 e. The fourth-order valence-corrected chi connectivity index (χ4v) is 3.31. The highest BCUT2D eigenvalue weighted by Gasteiger charge is 2.26. The molecule has 28 heavy (non-hydrogen) atoms. The molecule has 1 atom stereocenters. The molecule has 2 heterocycles. The molecular weight excluding hydrogens is 378 g/mol. The molecule has 3 aromatic rings. The second kappa shape index (κ2) is 7.65. The maximum atomic E-state index is 11.1. The molecule has 0 bridgehead atoms. The van der Waals surface area contributed by atoms with Crippen molar-refractivity contribution in [2.75, 3.05) is 11.1 Å². The number of nitrogens with zero attached hydrogens (tertiary/aromatic N) is 4. The van der Waals surface area contributed by atoms with E-state index in [0.717, 1.165) is 11.3 Å². The van der Waals surface area contributed by atoms with E-state index in [2.05, 4.69) is 27.1 Å². The summed E-state index contributed by atoms with van der Waals surface area (Å²) in [7, 11) is 0. The first-order valence-corrected chi connectivity index (χ1v) is 9.39. The summed E-state index contributed by atoms with van der Waals surface area (Å²) in [5.74, 6) is 0.958. The Morgan fingerprint density at radius 2 is 2.11 bits per heavy atom. The number of nitro benzene ring substituents is 1. The van der Waals surface area contributed by atoms with Gasteiger partial charge in [0.05, 0.1) is 4.92 Å². The number of non-ortho nitro benzene ring substituents is 1. The van der Waals surface area contributed by atoms with Crippen LogP contribution in [0.4, 0.5) is 11.4 Å². The monoisotopic (exact) mass is 393 g/mol. The van der Waals surface area contributed by atoms with E-state index in [0.29, 0.717) is 28.0 Å². The number of para-hydroxylation sites is 1. The number of ether oxygens (including phenoxy) is 1. The summed E-state index contributed by atoms with van der Waals surface area (Å²) in [5, 5.41) is 23.4. The second-order valence-corrected chi connectivity index (χ2v) is 6.87. The molecule has 1 aliphatic rings. The van der Waals surface area contributed by atoms with Crippen LogP contribution in [0.1, 0.15) is 11.8 Å². The van der Waals surface area contributed by atoms with Gasteiger partial charge in [-0.2, -0.15) is 4.98 Å². The first-order valence-electron chi connectivity index (χ1n) is 8.41. The summed E-state index contributed by atoms with van der Waals surface area (Å²) in [6, 6.07) is 13.9. The van der Waals surface area contributed by atoms with Gasteiger partial charge in [-0.05, 0) is 6.07 Å². The number of rotatable bonds is 5. The Hall–Kier alpha value is -3.46. The fourth-order valence-electron chi connectivity index (χ4n) is 2.79. The van der Waals surface area contributed by atoms with Crippen LogP contribution in [-0.2, 0) is 0 Å². The second-order valence-electron chi connectivity index (χ2n) is 5.89. The predicted molar refractivity (Wildman–Crippen MR) is 106 cm³/mol. The molecule has 0 unspecified atom stereocenters. The highest BCUT2D eigenvalue weighted by molar-refractivity contribution is 7.99. The van der Waals surface area contributed by atoms with Gasteiger partial charge in [0.25, 0.3) is 5.69 Å². The van der Waals surface area contributed by atoms with Crippen LogP contribution < -0.4 is 10.1 Å². The van der Waals surface area contributed by atoms with Crippen LogP contribution in [0.2, 0.25) is 0 Å². The first kappa shape index (κ1) is 17.9. The van der Waals surface area contributed by atoms with Crippen LogP contribution in [0, 0.1) is 10.1 Å². The van der Waals surface area contributed by atoms with E-state index in [-0.39, 0.29) is 5.69 Å². The van der Waals surface area contributed by atoms with Gasteiger partial charge in [0.2, 0.25) is 11.0 Å². The first-order chi connectivity index (χ1) is 13.7. The third-order valence-corrected chi connectivity index (χ3v) is 4.88. The van der Waals surface area contributed by atoms with Crippen LogP contribution >= 0.6 is 11.8 Å². The van der Waals surface area contributed by atoms with Crippen LogP contribution in [0.15, 0.2) is 66.3 Å². The maximum Gasteiger partial charge on any atom is 0.269 e. The van der Waals surface area contributed by atoms with Gasteiger partial charge in [-0.3, -0.25) is 10.1 Å². The van der Waals surface area contributed by atoms with Gasteiger partial charge in [-0.1, -0.05) is 48.2 Å². The zero-order valence-electron chi connectivity index (χ0n) is 14.6. The molecule has 0 aliphatic carbocycles. The number of thioether (sulfide) groups is 1. The molecule has 0 spiro atoms. The van der Waals surface area contributed by atoms with Gasteiger partial charge in [0.15, 0.2) is 11.9 Å². The molecule has 0 saturated heterocycles. The van der Waals surface area contributed by atoms with Gasteiger partial charge in [0, 0.05) is 34.7 Å². The molecule has 0 saturated carbocycles. The Bertz CT molecular complexity index is 1060. The standard InChI is InChI=1S/C19H15N5O3S/c1-2-10-28-19-21-18-16(22-23-19)14-8-3-4-9-15(14)20-17(27-18)12-6-5-7-13(11-12)24(25)26/h2-9,11,17,20H,1,10H2/t17-/m1/s1. The third-order valence-electron chi connectivity index (χ3n) is 4.05. The number of nitrogens with one attached hydrogen (secondary N) is 1. The lowest BCUT2D eigenvalue weighted by Gasteiger charge is -2.19. The third kappa shape index (κ3) is 3.52. The van der Waals surface area contributed by atoms with Crippen molar-refractivity contribution in [3.05, 3.63) is 76.9 Å². The zero-order chi connectivity index (χ0) is 19.5. The molecule has 0 fully saturated rings. The SMILES string of the molecule is C=CCSc1nnc2c(n1)O[C@H](c1cccc([N+](=O)[O-])c1)Nc1ccccc1-2. The van der Waals surface area contributed by atoms with Crippen LogP contribution in [0.25, 0.3) is 11.3 Å². The van der Waals surface area contributed by atoms with E-state index in [4.69, 9.17) is 4.74 Å². The van der Waals surface area contributed by atoms with Gasteiger partial charge >= 0.3 is 0 Å². The fraction of sp³-hybridized carbons (Fsp3) is 0.105. The van der Waals surface area contributed by atoms with E-state index in [9.17, 15) is 10.1 Å². The topological polar surface area (TPSA) is 103 Å². The maximum absolute atomic E-state index is 11.1. The van der Waals surface area contributed by atoms with Gasteiger partial charge in [-0.15, -0.1) is 16.8 Å². The molecule has 1 aliphatic heterocycles. The Labute approximate surface area is 164 Å². The number of aromatic nitrogens is 3. The molecule has 1 aromatic heterocycles. The largest absolute Gasteiger partial charge is 0.448 e. The normalized spacial score (nSPS) is 14.6. The van der Waals surface area contributed by atoms with E-state index in [1.165, 1.54) is 23.9 Å². The van der Waals surface area contributed by atoms with Crippen molar-refractivity contribution in [2.24, 2.45) is 0 Å². The summed E-state index contributed by atoms with van der Waals surface area (Å²) in [5.41, 5.74) is 2.68. The number of fused-ring (bicyclic) bond motifs is 3. The van der Waals surface area contributed by atoms with E-state index >= 15 is 0 Å². The summed E-state index contributed by atoms with van der Waals surface area (Å²) in [4.78, 5) is 15.2. The Kier molecular flexibility index (Phi) is 4.90. The van der Waals surface area contributed by atoms with Crippen LogP contribution in [-0.4, -0.2) is 25.9 Å². The zero-order valence-corrected chi connectivity index (χ0v) is 15.4. The molecule has 0 amide bonds. The predicted octanol–water partition coefficient (Wildman–Crippen LogP) is 4.23. The Morgan fingerprint density at radius 3 is 2.93 bits per heavy atom. The molecule has 9 heteroatoms. The van der Waals surface area contributed by atoms with Crippen molar-refractivity contribution >= 4 is 23.1 Å². The highest BCUT2D eigenvalue weighted by atomic mass is 32.2. The lowest BCUT2D eigenvalue weighted by atomic mass is 10.1. The summed E-state index contributed by atoms with van der Waals surface area (Å²) < 4.78 is 6.09. The molecule has 0 radical (unpaired) electrons. The number of hydrogen-bond donors (Lipinski definition) is 1. The smallest absolute Gasteiger partial charge is 0.269 e. The van der Waals surface area contributed by atoms with Gasteiger partial charge < -0.3 is 10.1 Å². The van der Waals surface area contributed by atoms with E-state index in [1.54, 1.807) is 18.2 Å². The van der Waals surface area contributed by atoms with Crippen LogP contribution in [0.3, 0.4) is 0 Å². The molecule has 4 rings (SSSR count). The van der Waals surface area contributed by atoms with Crippen LogP contribution in [0.5, 0.6) is 5.88 Å². The number of hydrogen-bond acceptors (Lipinski definition) is 8. The van der Waals surface area contributed by atoms with Crippen molar-refractivity contribution in [3.63, 3.8) is 0 Å². The quantitative estimate of drug-likeness (QED) is 0.297. The number of benzene rings is 2. The highest BCUT2D eigenvalue weighted by Crippen LogP contribution is 2.39. The molecular formula is C19H15N5O3S. The van der Waals surface area contributed by atoms with Gasteiger partial charge in [-0.25, -0.2) is 0 Å². The van der Waals surface area contributed by atoms with Crippen molar-refractivity contribution < 1.29 is 9.66 Å². The number of nitro groups is 1. The lowest BCUT2D eigenvalue weighted by molar-refractivity contribution is -0.385. The number of anilines is 1. The van der Waals surface area contributed by atoms with E-state index < -0.39 is 11.2 Å². The average molecular weight is 393 g/mol. The van der Waals surface area contributed by atoms with Crippen molar-refractivity contribution in [1.29, 1.82) is 0 Å². The van der Waals surface area contributed by atoms with Crippen molar-refractivity contribution in [3.8, 4) is 17.1 Å². The minimum absolute atomic E-state index is 0.0105. The summed E-state index contributed by atoms with van der Waals surface area (Å²) in [6.45, 7) is 3.69. The minimum atomic E-state index is -0.670. The van der Waals surface area contributed by atoms with Gasteiger partial charge in [0.1, 0.15) is 0 Å². The van der Waals surface area contributed by atoms with Crippen molar-refractivity contribution in [1.82, 2.24) is 15.2 Å². The summed E-state index contributed by atoms with van der Waals surface area (Å²) in [6.07, 6.45) is 1.08. The Morgan fingerprint density at radius 1 is 1.25 bits per heavy atom. The molecule has 8 nitrogen and oxygen atoms in total. The molecule has 1 N–H and O–H groups in total. The summed E-state index contributed by atoms with van der Waals surface area (Å²) >= 11 is 1.39. The van der Waals surface area contributed by atoms with E-state index in [1.807, 2.05) is 24.3 Å². The lowest BCUT2D eigenvalue weighted by Crippen LogP contribution is -2.17.